The summed E-state index contributed by atoms with van der Waals surface area (Å²) >= 11 is 0. The summed E-state index contributed by atoms with van der Waals surface area (Å²) in [5, 5.41) is 0. The van der Waals surface area contributed by atoms with Crippen molar-refractivity contribution in [3.63, 3.8) is 0 Å². The molecular weight excluding hydrogens is 518 g/mol. The van der Waals surface area contributed by atoms with Crippen molar-refractivity contribution in [3.05, 3.63) is 53.6 Å². The Labute approximate surface area is 230 Å². The fraction of sp³-hybridized carbons (Fsp3) is 0.483. The quantitative estimate of drug-likeness (QED) is 0.409. The van der Waals surface area contributed by atoms with Crippen LogP contribution in [0.1, 0.15) is 69.9 Å². The maximum Gasteiger partial charge on any atom is 0.420 e. The van der Waals surface area contributed by atoms with E-state index in [4.69, 9.17) is 9.73 Å². The van der Waals surface area contributed by atoms with E-state index in [0.29, 0.717) is 24.3 Å². The molecule has 1 spiro atoms. The summed E-state index contributed by atoms with van der Waals surface area (Å²) in [5.74, 6) is 0.955. The van der Waals surface area contributed by atoms with Gasteiger partial charge in [0.25, 0.3) is 15.9 Å². The number of aliphatic imine (C=N–C) groups is 1. The van der Waals surface area contributed by atoms with Gasteiger partial charge in [-0.05, 0) is 48.9 Å². The van der Waals surface area contributed by atoms with Gasteiger partial charge < -0.3 is 9.47 Å². The molecule has 1 N–H and O–H groups in total. The molecule has 1 heterocycles. The number of nitrogens with one attached hydrogen (secondary N) is 1. The fourth-order valence-corrected chi connectivity index (χ4v) is 6.49. The van der Waals surface area contributed by atoms with Gasteiger partial charge in [-0.15, -0.1) is 0 Å². The number of sulfonamides is 1. The van der Waals surface area contributed by atoms with Crippen LogP contribution in [0.2, 0.25) is 0 Å². The molecule has 2 aromatic carbocycles. The third-order valence-electron chi connectivity index (χ3n) is 7.32. The van der Waals surface area contributed by atoms with Gasteiger partial charge in [0, 0.05) is 18.6 Å². The standard InChI is InChI=1S/C29H37N3O6S/c1-4-6-13-26-30-29(16-9-10-17-29)27(33)32(26)19-21-14-15-23(22(18-21)20-38-5-2)24-11-7-8-12-25(24)39(35,36)31-28(34)37-3/h7-8,11-12,14-15,18H,4-6,9-10,13,16-17,19-20H2,1-3H3,(H,31,34). The highest BCUT2D eigenvalue weighted by atomic mass is 32.2. The van der Waals surface area contributed by atoms with E-state index in [-0.39, 0.29) is 17.4 Å². The van der Waals surface area contributed by atoms with Crippen LogP contribution in [0.5, 0.6) is 0 Å². The minimum Gasteiger partial charge on any atom is -0.452 e. The van der Waals surface area contributed by atoms with Gasteiger partial charge in [0.15, 0.2) is 0 Å². The van der Waals surface area contributed by atoms with E-state index in [1.165, 1.54) is 6.07 Å². The van der Waals surface area contributed by atoms with Gasteiger partial charge in [0.1, 0.15) is 11.4 Å². The number of carbonyl (C=O) groups is 2. The molecule has 0 unspecified atom stereocenters. The molecule has 0 bridgehead atoms. The molecule has 0 aromatic heterocycles. The number of hydrogen-bond donors (Lipinski definition) is 1. The minimum atomic E-state index is -4.19. The number of carbonyl (C=O) groups excluding carboxylic acids is 2. The molecule has 2 aromatic rings. The lowest BCUT2D eigenvalue weighted by Gasteiger charge is -2.23. The van der Waals surface area contributed by atoms with E-state index in [1.807, 2.05) is 34.7 Å². The van der Waals surface area contributed by atoms with Gasteiger partial charge in [-0.2, -0.15) is 0 Å². The predicted molar refractivity (Wildman–Crippen MR) is 149 cm³/mol. The van der Waals surface area contributed by atoms with Crippen molar-refractivity contribution in [2.24, 2.45) is 4.99 Å². The first kappa shape index (κ1) is 28.8. The normalized spacial score (nSPS) is 16.5. The van der Waals surface area contributed by atoms with Gasteiger partial charge in [0.05, 0.1) is 25.2 Å². The second-order valence-corrected chi connectivity index (χ2v) is 11.6. The highest BCUT2D eigenvalue weighted by Crippen LogP contribution is 2.40. The van der Waals surface area contributed by atoms with Crippen LogP contribution in [-0.2, 0) is 37.4 Å². The maximum atomic E-state index is 13.6. The van der Waals surface area contributed by atoms with Crippen molar-refractivity contribution >= 4 is 27.9 Å². The molecule has 2 aliphatic rings. The number of nitrogens with zero attached hydrogens (tertiary/aromatic N) is 2. The van der Waals surface area contributed by atoms with E-state index in [0.717, 1.165) is 69.0 Å². The maximum absolute atomic E-state index is 13.6. The summed E-state index contributed by atoms with van der Waals surface area (Å²) in [6, 6.07) is 12.2. The summed E-state index contributed by atoms with van der Waals surface area (Å²) < 4.78 is 38.2. The summed E-state index contributed by atoms with van der Waals surface area (Å²) in [4.78, 5) is 32.1. The summed E-state index contributed by atoms with van der Waals surface area (Å²) in [6.07, 6.45) is 5.34. The molecule has 1 saturated carbocycles. The van der Waals surface area contributed by atoms with Crippen molar-refractivity contribution in [2.45, 2.75) is 82.4 Å². The van der Waals surface area contributed by atoms with E-state index < -0.39 is 21.7 Å². The molecule has 39 heavy (non-hydrogen) atoms. The van der Waals surface area contributed by atoms with Crippen LogP contribution >= 0.6 is 0 Å². The predicted octanol–water partition coefficient (Wildman–Crippen LogP) is 5.18. The summed E-state index contributed by atoms with van der Waals surface area (Å²) in [6.45, 7) is 5.15. The number of amides is 2. The van der Waals surface area contributed by atoms with E-state index >= 15 is 0 Å². The lowest BCUT2D eigenvalue weighted by Crippen LogP contribution is -2.40. The zero-order valence-corrected chi connectivity index (χ0v) is 23.7. The van der Waals surface area contributed by atoms with Gasteiger partial charge in [0.2, 0.25) is 0 Å². The molecule has 10 heteroatoms. The Kier molecular flexibility index (Phi) is 9.07. The molecule has 1 aliphatic heterocycles. The largest absolute Gasteiger partial charge is 0.452 e. The topological polar surface area (TPSA) is 114 Å². The average Bonchev–Trinajstić information content (AvgIpc) is 3.51. The van der Waals surface area contributed by atoms with Crippen molar-refractivity contribution < 1.29 is 27.5 Å². The summed E-state index contributed by atoms with van der Waals surface area (Å²) in [5.41, 5.74) is 2.19. The second-order valence-electron chi connectivity index (χ2n) is 9.98. The third-order valence-corrected chi connectivity index (χ3v) is 8.69. The van der Waals surface area contributed by atoms with Crippen LogP contribution in [0.4, 0.5) is 4.79 Å². The highest BCUT2D eigenvalue weighted by Gasteiger charge is 2.49. The number of ether oxygens (including phenoxy) is 2. The van der Waals surface area contributed by atoms with Crippen molar-refractivity contribution in [3.8, 4) is 11.1 Å². The van der Waals surface area contributed by atoms with Crippen molar-refractivity contribution in [2.75, 3.05) is 13.7 Å². The van der Waals surface area contributed by atoms with Gasteiger partial charge in [-0.1, -0.05) is 62.6 Å². The molecule has 2 amide bonds. The number of rotatable bonds is 11. The van der Waals surface area contributed by atoms with E-state index in [2.05, 4.69) is 11.7 Å². The number of unbranched alkanes of at least 4 members (excludes halogenated alkanes) is 1. The van der Waals surface area contributed by atoms with Gasteiger partial charge in [-0.25, -0.2) is 17.9 Å². The molecule has 9 nitrogen and oxygen atoms in total. The number of methoxy groups -OCH3 is 1. The molecule has 4 rings (SSSR count). The molecule has 1 fully saturated rings. The van der Waals surface area contributed by atoms with Crippen LogP contribution in [0.25, 0.3) is 11.1 Å². The zero-order valence-electron chi connectivity index (χ0n) is 22.9. The molecule has 1 aliphatic carbocycles. The van der Waals surface area contributed by atoms with Crippen LogP contribution < -0.4 is 4.72 Å². The Morgan fingerprint density at radius 2 is 1.85 bits per heavy atom. The smallest absolute Gasteiger partial charge is 0.420 e. The summed E-state index contributed by atoms with van der Waals surface area (Å²) in [7, 11) is -3.08. The minimum absolute atomic E-state index is 0.0484. The van der Waals surface area contributed by atoms with Crippen LogP contribution in [0.3, 0.4) is 0 Å². The first-order valence-electron chi connectivity index (χ1n) is 13.5. The second kappa shape index (κ2) is 12.3. The lowest BCUT2D eigenvalue weighted by molar-refractivity contribution is -0.131. The van der Waals surface area contributed by atoms with Crippen LogP contribution in [-0.4, -0.2) is 50.4 Å². The number of benzene rings is 2. The Balaban J connectivity index is 1.69. The van der Waals surface area contributed by atoms with E-state index in [1.54, 1.807) is 18.2 Å². The van der Waals surface area contributed by atoms with Gasteiger partial charge in [-0.3, -0.25) is 14.7 Å². The Hall–Kier alpha value is -3.24. The molecular formula is C29H37N3O6S. The van der Waals surface area contributed by atoms with Crippen molar-refractivity contribution in [1.82, 2.24) is 9.62 Å². The average molecular weight is 556 g/mol. The molecule has 0 atom stereocenters. The molecule has 0 radical (unpaired) electrons. The molecule has 210 valence electrons. The first-order valence-corrected chi connectivity index (χ1v) is 15.0. The highest BCUT2D eigenvalue weighted by molar-refractivity contribution is 7.90. The number of hydrogen-bond acceptors (Lipinski definition) is 7. The SMILES string of the molecule is CCCCC1=NC2(CCCC2)C(=O)N1Cc1ccc(-c2ccccc2S(=O)(=O)NC(=O)OC)c(COCC)c1. The zero-order chi connectivity index (χ0) is 28.0. The third kappa shape index (κ3) is 6.17. The monoisotopic (exact) mass is 555 g/mol. The van der Waals surface area contributed by atoms with E-state index in [9.17, 15) is 18.0 Å². The first-order chi connectivity index (χ1) is 18.7. The Morgan fingerprint density at radius 1 is 1.10 bits per heavy atom. The Bertz CT molecular complexity index is 1350. The Morgan fingerprint density at radius 3 is 2.54 bits per heavy atom. The number of amidine groups is 1. The van der Waals surface area contributed by atoms with Crippen LogP contribution in [0, 0.1) is 0 Å². The van der Waals surface area contributed by atoms with Crippen LogP contribution in [0.15, 0.2) is 52.4 Å². The molecule has 0 saturated heterocycles. The lowest BCUT2D eigenvalue weighted by atomic mass is 9.96. The fourth-order valence-electron chi connectivity index (χ4n) is 5.35. The van der Waals surface area contributed by atoms with Crippen molar-refractivity contribution in [1.29, 1.82) is 0 Å². The van der Waals surface area contributed by atoms with Gasteiger partial charge >= 0.3 is 6.09 Å².